The van der Waals surface area contributed by atoms with Gasteiger partial charge in [-0.05, 0) is 60.9 Å². The van der Waals surface area contributed by atoms with Crippen molar-refractivity contribution in [1.82, 2.24) is 15.3 Å². The van der Waals surface area contributed by atoms with Crippen molar-refractivity contribution >= 4 is 5.91 Å². The quantitative estimate of drug-likeness (QED) is 0.793. The van der Waals surface area contributed by atoms with E-state index in [1.54, 1.807) is 24.7 Å². The van der Waals surface area contributed by atoms with E-state index in [-0.39, 0.29) is 11.9 Å². The predicted molar refractivity (Wildman–Crippen MR) is 94.5 cm³/mol. The molecule has 4 heteroatoms. The fraction of sp³-hybridized carbons (Fsp3) is 0.150. The SMILES string of the molecule is Cc1ccc(C(=O)NC(C)c2cccc(-c3ccncc3)c2)cn1. The minimum atomic E-state index is -0.121. The van der Waals surface area contributed by atoms with Crippen molar-refractivity contribution in [1.29, 1.82) is 0 Å². The molecule has 0 aliphatic heterocycles. The van der Waals surface area contributed by atoms with Crippen molar-refractivity contribution in [2.24, 2.45) is 0 Å². The molecule has 24 heavy (non-hydrogen) atoms. The van der Waals surface area contributed by atoms with Crippen LogP contribution in [-0.4, -0.2) is 15.9 Å². The highest BCUT2D eigenvalue weighted by atomic mass is 16.1. The molecule has 3 rings (SSSR count). The number of rotatable bonds is 4. The van der Waals surface area contributed by atoms with Crippen LogP contribution in [0.25, 0.3) is 11.1 Å². The van der Waals surface area contributed by atoms with Crippen LogP contribution in [0, 0.1) is 6.92 Å². The highest BCUT2D eigenvalue weighted by Gasteiger charge is 2.12. The Bertz CT molecular complexity index is 829. The van der Waals surface area contributed by atoms with Gasteiger partial charge in [0.25, 0.3) is 5.91 Å². The summed E-state index contributed by atoms with van der Waals surface area (Å²) in [7, 11) is 0. The summed E-state index contributed by atoms with van der Waals surface area (Å²) in [5.74, 6) is -0.121. The van der Waals surface area contributed by atoms with Crippen molar-refractivity contribution in [2.45, 2.75) is 19.9 Å². The molecule has 1 N–H and O–H groups in total. The van der Waals surface area contributed by atoms with Crippen LogP contribution < -0.4 is 5.32 Å². The van der Waals surface area contributed by atoms with Gasteiger partial charge in [0.05, 0.1) is 11.6 Å². The molecule has 0 aliphatic rings. The second-order valence-corrected chi connectivity index (χ2v) is 5.74. The maximum absolute atomic E-state index is 12.3. The highest BCUT2D eigenvalue weighted by molar-refractivity contribution is 5.94. The number of aryl methyl sites for hydroxylation is 1. The molecule has 1 unspecified atom stereocenters. The first-order valence-electron chi connectivity index (χ1n) is 7.87. The Kier molecular flexibility index (Phi) is 4.66. The minimum Gasteiger partial charge on any atom is -0.345 e. The summed E-state index contributed by atoms with van der Waals surface area (Å²) in [6, 6.07) is 15.6. The summed E-state index contributed by atoms with van der Waals surface area (Å²) in [4.78, 5) is 20.5. The average Bonchev–Trinajstić information content (AvgIpc) is 2.63. The van der Waals surface area contributed by atoms with Crippen molar-refractivity contribution in [2.75, 3.05) is 0 Å². The van der Waals surface area contributed by atoms with Crippen molar-refractivity contribution < 1.29 is 4.79 Å². The van der Waals surface area contributed by atoms with Gasteiger partial charge in [-0.3, -0.25) is 14.8 Å². The van der Waals surface area contributed by atoms with Gasteiger partial charge in [-0.1, -0.05) is 18.2 Å². The van der Waals surface area contributed by atoms with E-state index in [2.05, 4.69) is 27.4 Å². The first-order chi connectivity index (χ1) is 11.6. The lowest BCUT2D eigenvalue weighted by Crippen LogP contribution is -2.26. The molecule has 0 bridgehead atoms. The molecule has 0 spiro atoms. The zero-order chi connectivity index (χ0) is 16.9. The number of amides is 1. The van der Waals surface area contributed by atoms with Crippen LogP contribution >= 0.6 is 0 Å². The predicted octanol–water partition coefficient (Wildman–Crippen LogP) is 3.94. The molecule has 2 heterocycles. The average molecular weight is 317 g/mol. The van der Waals surface area contributed by atoms with E-state index < -0.39 is 0 Å². The lowest BCUT2D eigenvalue weighted by molar-refractivity contribution is 0.0939. The van der Waals surface area contributed by atoms with Crippen LogP contribution in [-0.2, 0) is 0 Å². The number of hydrogen-bond donors (Lipinski definition) is 1. The molecule has 4 nitrogen and oxygen atoms in total. The Morgan fingerprint density at radius 3 is 2.54 bits per heavy atom. The van der Waals surface area contributed by atoms with Crippen LogP contribution in [0.5, 0.6) is 0 Å². The van der Waals surface area contributed by atoms with E-state index >= 15 is 0 Å². The van der Waals surface area contributed by atoms with Crippen LogP contribution in [0.15, 0.2) is 67.1 Å². The van der Waals surface area contributed by atoms with E-state index in [1.807, 2.05) is 44.2 Å². The first kappa shape index (κ1) is 15.9. The molecule has 0 aliphatic carbocycles. The van der Waals surface area contributed by atoms with Gasteiger partial charge in [-0.2, -0.15) is 0 Å². The molecular weight excluding hydrogens is 298 g/mol. The second-order valence-electron chi connectivity index (χ2n) is 5.74. The number of hydrogen-bond acceptors (Lipinski definition) is 3. The molecule has 2 aromatic heterocycles. The number of carbonyl (C=O) groups excluding carboxylic acids is 1. The smallest absolute Gasteiger partial charge is 0.253 e. The Labute approximate surface area is 141 Å². The van der Waals surface area contributed by atoms with Crippen molar-refractivity contribution in [3.05, 3.63) is 83.9 Å². The van der Waals surface area contributed by atoms with E-state index in [0.29, 0.717) is 5.56 Å². The number of nitrogens with one attached hydrogen (secondary N) is 1. The van der Waals surface area contributed by atoms with Gasteiger partial charge in [0, 0.05) is 24.3 Å². The summed E-state index contributed by atoms with van der Waals surface area (Å²) in [6.07, 6.45) is 5.15. The number of carbonyl (C=O) groups is 1. The van der Waals surface area contributed by atoms with Gasteiger partial charge < -0.3 is 5.32 Å². The third-order valence-corrected chi connectivity index (χ3v) is 3.92. The van der Waals surface area contributed by atoms with Gasteiger partial charge in [0.15, 0.2) is 0 Å². The summed E-state index contributed by atoms with van der Waals surface area (Å²) in [5.41, 5.74) is 4.72. The molecule has 3 aromatic rings. The number of aromatic nitrogens is 2. The van der Waals surface area contributed by atoms with Crippen LogP contribution in [0.2, 0.25) is 0 Å². The fourth-order valence-electron chi connectivity index (χ4n) is 2.50. The summed E-state index contributed by atoms with van der Waals surface area (Å²) < 4.78 is 0. The molecule has 0 saturated heterocycles. The number of benzene rings is 1. The molecule has 0 radical (unpaired) electrons. The van der Waals surface area contributed by atoms with Crippen LogP contribution in [0.1, 0.15) is 34.6 Å². The summed E-state index contributed by atoms with van der Waals surface area (Å²) in [6.45, 7) is 3.88. The topological polar surface area (TPSA) is 54.9 Å². The molecule has 1 amide bonds. The third kappa shape index (κ3) is 3.66. The molecule has 1 aromatic carbocycles. The largest absolute Gasteiger partial charge is 0.345 e. The zero-order valence-electron chi connectivity index (χ0n) is 13.7. The Hall–Kier alpha value is -3.01. The normalized spacial score (nSPS) is 11.8. The number of pyridine rings is 2. The van der Waals surface area contributed by atoms with Gasteiger partial charge in [-0.15, -0.1) is 0 Å². The molecule has 0 saturated carbocycles. The fourth-order valence-corrected chi connectivity index (χ4v) is 2.50. The van der Waals surface area contributed by atoms with E-state index in [1.165, 1.54) is 0 Å². The number of nitrogens with zero attached hydrogens (tertiary/aromatic N) is 2. The van der Waals surface area contributed by atoms with Gasteiger partial charge >= 0.3 is 0 Å². The maximum atomic E-state index is 12.3. The second kappa shape index (κ2) is 7.04. The van der Waals surface area contributed by atoms with Crippen molar-refractivity contribution in [3.63, 3.8) is 0 Å². The summed E-state index contributed by atoms with van der Waals surface area (Å²) >= 11 is 0. The van der Waals surface area contributed by atoms with E-state index in [9.17, 15) is 4.79 Å². The Balaban J connectivity index is 1.76. The van der Waals surface area contributed by atoms with Crippen LogP contribution in [0.3, 0.4) is 0 Å². The molecular formula is C20H19N3O. The Morgan fingerprint density at radius 2 is 1.83 bits per heavy atom. The lowest BCUT2D eigenvalue weighted by atomic mass is 10.0. The van der Waals surface area contributed by atoms with Gasteiger partial charge in [-0.25, -0.2) is 0 Å². The van der Waals surface area contributed by atoms with Crippen molar-refractivity contribution in [3.8, 4) is 11.1 Å². The van der Waals surface area contributed by atoms with E-state index in [4.69, 9.17) is 0 Å². The van der Waals surface area contributed by atoms with Gasteiger partial charge in [0.1, 0.15) is 0 Å². The van der Waals surface area contributed by atoms with Gasteiger partial charge in [0.2, 0.25) is 0 Å². The monoisotopic (exact) mass is 317 g/mol. The van der Waals surface area contributed by atoms with E-state index in [0.717, 1.165) is 22.4 Å². The third-order valence-electron chi connectivity index (χ3n) is 3.92. The highest BCUT2D eigenvalue weighted by Crippen LogP contribution is 2.22. The molecule has 120 valence electrons. The van der Waals surface area contributed by atoms with Crippen LogP contribution in [0.4, 0.5) is 0 Å². The molecule has 1 atom stereocenters. The Morgan fingerprint density at radius 1 is 1.04 bits per heavy atom. The lowest BCUT2D eigenvalue weighted by Gasteiger charge is -2.15. The summed E-state index contributed by atoms with van der Waals surface area (Å²) in [5, 5.41) is 3.02. The molecule has 0 fully saturated rings. The maximum Gasteiger partial charge on any atom is 0.253 e. The zero-order valence-corrected chi connectivity index (χ0v) is 13.7. The minimum absolute atomic E-state index is 0.0967. The standard InChI is InChI=1S/C20H19N3O/c1-14-6-7-19(13-22-14)20(24)23-15(2)17-4-3-5-18(12-17)16-8-10-21-11-9-16/h3-13,15H,1-2H3,(H,23,24). The first-order valence-corrected chi connectivity index (χ1v) is 7.87.